The summed E-state index contributed by atoms with van der Waals surface area (Å²) in [7, 11) is -1.10. The number of carbonyl (C=O) groups is 2. The van der Waals surface area contributed by atoms with Gasteiger partial charge in [0, 0.05) is 44.3 Å². The van der Waals surface area contributed by atoms with E-state index in [0.29, 0.717) is 39.0 Å². The molecule has 1 spiro atoms. The van der Waals surface area contributed by atoms with Gasteiger partial charge in [0.15, 0.2) is 0 Å². The van der Waals surface area contributed by atoms with Crippen LogP contribution in [-0.4, -0.2) is 58.9 Å². The zero-order chi connectivity index (χ0) is 30.6. The number of likely N-dealkylation sites (tertiary alicyclic amines) is 1. The topological polar surface area (TPSA) is 81.8 Å². The van der Waals surface area contributed by atoms with E-state index in [1.807, 2.05) is 84.6 Å². The molecule has 3 heterocycles. The van der Waals surface area contributed by atoms with E-state index >= 15 is 0 Å². The quantitative estimate of drug-likeness (QED) is 0.439. The van der Waals surface area contributed by atoms with Crippen molar-refractivity contribution in [2.75, 3.05) is 30.2 Å². The molecule has 1 saturated heterocycles. The van der Waals surface area contributed by atoms with E-state index in [0.717, 1.165) is 29.7 Å². The molecule has 1 fully saturated rings. The average molecular weight is 601 g/mol. The molecule has 3 aliphatic rings. The maximum atomic E-state index is 14.0. The summed E-state index contributed by atoms with van der Waals surface area (Å²) in [6.45, 7) is 8.59. The molecule has 1 unspecified atom stereocenters. The summed E-state index contributed by atoms with van der Waals surface area (Å²) in [6, 6.07) is 23.6. The second-order valence-corrected chi connectivity index (χ2v) is 13.0. The minimum absolute atomic E-state index is 0.0350. The van der Waals surface area contributed by atoms with E-state index in [-0.39, 0.29) is 23.3 Å². The number of amides is 2. The van der Waals surface area contributed by atoms with Gasteiger partial charge in [-0.1, -0.05) is 86.1 Å². The predicted octanol–water partition coefficient (Wildman–Crippen LogP) is 4.44. The number of carbonyl (C=O) groups excluding carboxylic acids is 2. The maximum absolute atomic E-state index is 14.0. The van der Waals surface area contributed by atoms with Crippen molar-refractivity contribution in [2.45, 2.75) is 70.5 Å². The third kappa shape index (κ3) is 6.55. The van der Waals surface area contributed by atoms with Gasteiger partial charge in [-0.2, -0.15) is 0 Å². The Morgan fingerprint density at radius 1 is 0.977 bits per heavy atom. The second-order valence-electron chi connectivity index (χ2n) is 11.7. The number of rotatable bonds is 6. The number of anilines is 1. The first-order valence-electron chi connectivity index (χ1n) is 15.5. The van der Waals surface area contributed by atoms with Crippen LogP contribution in [0.25, 0.3) is 0 Å². The molecule has 6 rings (SSSR count). The first-order valence-corrected chi connectivity index (χ1v) is 17.0. The van der Waals surface area contributed by atoms with Gasteiger partial charge >= 0.3 is 0 Å². The molecular formula is C35H44N4O3S. The van der Waals surface area contributed by atoms with Gasteiger partial charge in [-0.25, -0.2) is 4.21 Å². The normalized spacial score (nSPS) is 19.9. The van der Waals surface area contributed by atoms with Gasteiger partial charge in [-0.15, -0.1) is 0 Å². The monoisotopic (exact) mass is 600 g/mol. The smallest absolute Gasteiger partial charge is 0.245 e. The lowest BCUT2D eigenvalue weighted by Gasteiger charge is -2.41. The molecule has 2 N–H and O–H groups in total. The third-order valence-electron chi connectivity index (χ3n) is 9.11. The molecule has 0 aromatic heterocycles. The van der Waals surface area contributed by atoms with Gasteiger partial charge in [0.1, 0.15) is 17.0 Å². The van der Waals surface area contributed by atoms with Crippen molar-refractivity contribution >= 4 is 28.5 Å². The van der Waals surface area contributed by atoms with Crippen LogP contribution in [0.15, 0.2) is 72.8 Å². The maximum Gasteiger partial charge on any atom is 0.245 e. The molecule has 8 heteroatoms. The van der Waals surface area contributed by atoms with E-state index in [4.69, 9.17) is 0 Å². The molecule has 0 saturated carbocycles. The molecule has 0 aliphatic carbocycles. The molecule has 3 aliphatic heterocycles. The summed E-state index contributed by atoms with van der Waals surface area (Å²) in [5, 5.41) is 6.49. The summed E-state index contributed by atoms with van der Waals surface area (Å²) in [6.07, 6.45) is 4.38. The molecule has 0 bridgehead atoms. The summed E-state index contributed by atoms with van der Waals surface area (Å²) < 4.78 is 14.5. The van der Waals surface area contributed by atoms with E-state index in [2.05, 4.69) is 28.8 Å². The number of hydrogen-bond acceptors (Lipinski definition) is 4. The molecular weight excluding hydrogens is 556 g/mol. The van der Waals surface area contributed by atoms with Crippen LogP contribution >= 0.6 is 0 Å². The van der Waals surface area contributed by atoms with Crippen LogP contribution in [0.5, 0.6) is 0 Å². The van der Waals surface area contributed by atoms with Gasteiger partial charge in [-0.3, -0.25) is 13.9 Å². The van der Waals surface area contributed by atoms with E-state index in [1.54, 1.807) is 6.26 Å². The molecule has 0 radical (unpaired) electrons. The first-order chi connectivity index (χ1) is 20.8. The van der Waals surface area contributed by atoms with Gasteiger partial charge in [0.2, 0.25) is 11.8 Å². The number of nitrogens with one attached hydrogen (secondary N) is 2. The number of benzene rings is 3. The van der Waals surface area contributed by atoms with Crippen LogP contribution in [0.4, 0.5) is 5.69 Å². The Balaban J connectivity index is 0.00000180. The van der Waals surface area contributed by atoms with Gasteiger partial charge in [0.25, 0.3) is 0 Å². The Bertz CT molecular complexity index is 1470. The second kappa shape index (κ2) is 13.4. The fraction of sp³-hybridized carbons (Fsp3) is 0.429. The molecule has 228 valence electrons. The first kappa shape index (κ1) is 31.0. The third-order valence-corrected chi connectivity index (χ3v) is 10.1. The van der Waals surface area contributed by atoms with Crippen LogP contribution in [0, 0.1) is 6.92 Å². The fourth-order valence-electron chi connectivity index (χ4n) is 6.69. The molecule has 2 amide bonds. The van der Waals surface area contributed by atoms with Crippen LogP contribution in [0.3, 0.4) is 0 Å². The van der Waals surface area contributed by atoms with Gasteiger partial charge in [0.05, 0.1) is 11.7 Å². The number of nitrogens with zero attached hydrogens (tertiary/aromatic N) is 2. The largest absolute Gasteiger partial charge is 0.343 e. The highest BCUT2D eigenvalue weighted by atomic mass is 32.2. The minimum Gasteiger partial charge on any atom is -0.343 e. The Kier molecular flexibility index (Phi) is 9.67. The van der Waals surface area contributed by atoms with Gasteiger partial charge < -0.3 is 15.5 Å². The van der Waals surface area contributed by atoms with E-state index in [9.17, 15) is 13.8 Å². The lowest BCUT2D eigenvalue weighted by molar-refractivity contribution is -0.138. The van der Waals surface area contributed by atoms with Crippen molar-refractivity contribution in [1.29, 1.82) is 0 Å². The van der Waals surface area contributed by atoms with Crippen molar-refractivity contribution in [3.63, 3.8) is 0 Å². The van der Waals surface area contributed by atoms with Crippen LogP contribution in [-0.2, 0) is 45.4 Å². The van der Waals surface area contributed by atoms with Crippen molar-refractivity contribution < 1.29 is 13.8 Å². The minimum atomic E-state index is -1.10. The van der Waals surface area contributed by atoms with Gasteiger partial charge in [-0.05, 0) is 54.5 Å². The number of piperidine rings is 1. The number of aryl methyl sites for hydroxylation is 1. The van der Waals surface area contributed by atoms with E-state index < -0.39 is 17.0 Å². The summed E-state index contributed by atoms with van der Waals surface area (Å²) >= 11 is 0. The summed E-state index contributed by atoms with van der Waals surface area (Å²) in [4.78, 5) is 29.5. The average Bonchev–Trinajstić information content (AvgIpc) is 3.36. The number of para-hydroxylation sites is 1. The zero-order valence-corrected chi connectivity index (χ0v) is 26.6. The lowest BCUT2D eigenvalue weighted by atomic mass is 9.74. The lowest BCUT2D eigenvalue weighted by Crippen LogP contribution is -2.57. The predicted molar refractivity (Wildman–Crippen MR) is 174 cm³/mol. The van der Waals surface area contributed by atoms with Crippen molar-refractivity contribution in [3.05, 3.63) is 101 Å². The Morgan fingerprint density at radius 3 is 2.33 bits per heavy atom. The zero-order valence-electron chi connectivity index (χ0n) is 25.8. The standard InChI is InChI=1S/C33H38N4O3S.C2H6/c1-23-11-13-24(14-12-23)19-29(35-31(38)28-20-25-7-3-4-8-26(25)21-34-28)32(39)36-17-15-33(16-18-36)22-37(41(2)40)30-10-6-5-9-27(30)33;1-2/h3-14,28-29,34H,15-22H2,1-2H3,(H,35,38);1-2H3/t28-,29+,41?;/m0./s1. The number of fused-ring (bicyclic) bond motifs is 3. The van der Waals surface area contributed by atoms with Crippen molar-refractivity contribution in [3.8, 4) is 0 Å². The highest BCUT2D eigenvalue weighted by molar-refractivity contribution is 7.85. The Hall–Kier alpha value is -3.49. The van der Waals surface area contributed by atoms with Crippen LogP contribution in [0.1, 0.15) is 54.5 Å². The summed E-state index contributed by atoms with van der Waals surface area (Å²) in [5.74, 6) is -0.170. The molecule has 3 aromatic carbocycles. The van der Waals surface area contributed by atoms with Crippen LogP contribution < -0.4 is 14.9 Å². The van der Waals surface area contributed by atoms with E-state index in [1.165, 1.54) is 16.7 Å². The highest BCUT2D eigenvalue weighted by Crippen LogP contribution is 2.47. The Labute approximate surface area is 258 Å². The van der Waals surface area contributed by atoms with Crippen molar-refractivity contribution in [1.82, 2.24) is 15.5 Å². The molecule has 7 nitrogen and oxygen atoms in total. The highest BCUT2D eigenvalue weighted by Gasteiger charge is 2.46. The summed E-state index contributed by atoms with van der Waals surface area (Å²) in [5.41, 5.74) is 6.72. The molecule has 3 atom stereocenters. The molecule has 43 heavy (non-hydrogen) atoms. The van der Waals surface area contributed by atoms with Crippen molar-refractivity contribution in [2.24, 2.45) is 0 Å². The fourth-order valence-corrected chi connectivity index (χ4v) is 7.55. The SMILES string of the molecule is CC.Cc1ccc(C[C@@H](NC(=O)[C@@H]2Cc3ccccc3CN2)C(=O)N2CCC3(CC2)CN(S(C)=O)c2ccccc23)cc1. The molecule has 3 aromatic rings. The Morgan fingerprint density at radius 2 is 1.63 bits per heavy atom. The van der Waals surface area contributed by atoms with Crippen LogP contribution in [0.2, 0.25) is 0 Å². The number of hydrogen-bond donors (Lipinski definition) is 2.